The number of carbonyl (C=O) groups is 1. The number of hydrogen-bond donors (Lipinski definition) is 1. The molecule has 0 unspecified atom stereocenters. The second-order valence-electron chi connectivity index (χ2n) is 8.60. The molecule has 8 heteroatoms. The quantitative estimate of drug-likeness (QED) is 0.487. The number of benzene rings is 3. The van der Waals surface area contributed by atoms with Crippen LogP contribution in [0.15, 0.2) is 77.7 Å². The number of hydrogen-bond acceptors (Lipinski definition) is 5. The van der Waals surface area contributed by atoms with Gasteiger partial charge >= 0.3 is 0 Å². The van der Waals surface area contributed by atoms with E-state index in [1.807, 2.05) is 18.2 Å². The zero-order chi connectivity index (χ0) is 24.8. The molecule has 1 saturated heterocycles. The van der Waals surface area contributed by atoms with Crippen LogP contribution in [-0.2, 0) is 23.1 Å². The van der Waals surface area contributed by atoms with Gasteiger partial charge in [0.05, 0.1) is 17.7 Å². The maximum atomic E-state index is 13.1. The Balaban J connectivity index is 1.43. The van der Waals surface area contributed by atoms with E-state index in [1.165, 1.54) is 61.1 Å². The van der Waals surface area contributed by atoms with E-state index in [9.17, 15) is 13.2 Å². The first-order valence-corrected chi connectivity index (χ1v) is 13.1. The average Bonchev–Trinajstić information content (AvgIpc) is 3.40. The Morgan fingerprint density at radius 2 is 1.57 bits per heavy atom. The van der Waals surface area contributed by atoms with Crippen LogP contribution in [-0.4, -0.2) is 46.5 Å². The highest BCUT2D eigenvalue weighted by Crippen LogP contribution is 2.30. The van der Waals surface area contributed by atoms with Crippen molar-refractivity contribution in [3.05, 3.63) is 89.5 Å². The monoisotopic (exact) mass is 493 g/mol. The maximum absolute atomic E-state index is 13.1. The summed E-state index contributed by atoms with van der Waals surface area (Å²) in [5.41, 5.74) is 3.14. The molecule has 1 heterocycles. The van der Waals surface area contributed by atoms with Crippen molar-refractivity contribution < 1.29 is 17.9 Å². The summed E-state index contributed by atoms with van der Waals surface area (Å²) in [6.07, 6.45) is 2.47. The molecule has 0 saturated carbocycles. The molecule has 0 aliphatic carbocycles. The summed E-state index contributed by atoms with van der Waals surface area (Å²) in [4.78, 5) is 15.3. The number of likely N-dealkylation sites (tertiary alicyclic amines) is 1. The number of sulfonamides is 1. The van der Waals surface area contributed by atoms with Crippen LogP contribution < -0.4 is 14.4 Å². The number of rotatable bonds is 9. The molecule has 3 aromatic carbocycles. The van der Waals surface area contributed by atoms with Crippen molar-refractivity contribution in [2.24, 2.45) is 0 Å². The molecule has 0 radical (unpaired) electrons. The second-order valence-corrected chi connectivity index (χ2v) is 10.6. The van der Waals surface area contributed by atoms with Crippen molar-refractivity contribution in [3.63, 3.8) is 0 Å². The first kappa shape index (κ1) is 24.8. The molecule has 4 rings (SSSR count). The lowest BCUT2D eigenvalue weighted by atomic mass is 10.1. The molecule has 1 aliphatic rings. The van der Waals surface area contributed by atoms with Gasteiger partial charge in [0.15, 0.2) is 0 Å². The predicted molar refractivity (Wildman–Crippen MR) is 137 cm³/mol. The Bertz CT molecular complexity index is 1270. The van der Waals surface area contributed by atoms with Crippen molar-refractivity contribution in [1.29, 1.82) is 0 Å². The first-order valence-electron chi connectivity index (χ1n) is 11.7. The van der Waals surface area contributed by atoms with Gasteiger partial charge in [-0.05, 0) is 73.5 Å². The molecular weight excluding hydrogens is 462 g/mol. The van der Waals surface area contributed by atoms with Gasteiger partial charge in [0.1, 0.15) is 5.75 Å². The molecule has 3 aromatic rings. The van der Waals surface area contributed by atoms with Crippen LogP contribution >= 0.6 is 0 Å². The summed E-state index contributed by atoms with van der Waals surface area (Å²) < 4.78 is 32.7. The van der Waals surface area contributed by atoms with Gasteiger partial charge in [-0.15, -0.1) is 0 Å². The molecule has 35 heavy (non-hydrogen) atoms. The van der Waals surface area contributed by atoms with Gasteiger partial charge in [-0.3, -0.25) is 14.0 Å². The van der Waals surface area contributed by atoms with Crippen LogP contribution in [0, 0.1) is 0 Å². The number of anilines is 1. The SMILES string of the molecule is COc1ccccc1N(C)S(=O)(=O)c1ccc(C(=O)NCc2ccccc2CN2CCCC2)cc1. The largest absolute Gasteiger partial charge is 0.495 e. The molecule has 1 fully saturated rings. The summed E-state index contributed by atoms with van der Waals surface area (Å²) in [6, 6.07) is 21.1. The van der Waals surface area contributed by atoms with Crippen LogP contribution in [0.5, 0.6) is 5.75 Å². The van der Waals surface area contributed by atoms with Gasteiger partial charge in [-0.2, -0.15) is 0 Å². The number of methoxy groups -OCH3 is 1. The van der Waals surface area contributed by atoms with Crippen molar-refractivity contribution >= 4 is 21.6 Å². The molecule has 7 nitrogen and oxygen atoms in total. The van der Waals surface area contributed by atoms with E-state index < -0.39 is 10.0 Å². The van der Waals surface area contributed by atoms with E-state index in [4.69, 9.17) is 4.74 Å². The van der Waals surface area contributed by atoms with E-state index in [-0.39, 0.29) is 10.8 Å². The van der Waals surface area contributed by atoms with Gasteiger partial charge in [0.2, 0.25) is 0 Å². The number of para-hydroxylation sites is 2. The van der Waals surface area contributed by atoms with E-state index >= 15 is 0 Å². The number of carbonyl (C=O) groups excluding carboxylic acids is 1. The van der Waals surface area contributed by atoms with Crippen molar-refractivity contribution in [2.45, 2.75) is 30.8 Å². The zero-order valence-electron chi connectivity index (χ0n) is 20.1. The van der Waals surface area contributed by atoms with Gasteiger partial charge < -0.3 is 10.1 Å². The average molecular weight is 494 g/mol. The molecular formula is C27H31N3O4S. The Morgan fingerprint density at radius 1 is 0.943 bits per heavy atom. The van der Waals surface area contributed by atoms with Gasteiger partial charge in [0.25, 0.3) is 15.9 Å². The van der Waals surface area contributed by atoms with Crippen LogP contribution in [0.4, 0.5) is 5.69 Å². The van der Waals surface area contributed by atoms with Crippen molar-refractivity contribution in [2.75, 3.05) is 31.6 Å². The smallest absolute Gasteiger partial charge is 0.264 e. The van der Waals surface area contributed by atoms with Crippen molar-refractivity contribution in [1.82, 2.24) is 10.2 Å². The van der Waals surface area contributed by atoms with E-state index in [0.29, 0.717) is 23.5 Å². The first-order chi connectivity index (χ1) is 16.9. The van der Waals surface area contributed by atoms with E-state index in [2.05, 4.69) is 16.3 Å². The molecule has 0 atom stereocenters. The highest BCUT2D eigenvalue weighted by atomic mass is 32.2. The highest BCUT2D eigenvalue weighted by Gasteiger charge is 2.24. The summed E-state index contributed by atoms with van der Waals surface area (Å²) >= 11 is 0. The lowest BCUT2D eigenvalue weighted by Crippen LogP contribution is -2.27. The zero-order valence-corrected chi connectivity index (χ0v) is 20.9. The molecule has 0 aromatic heterocycles. The summed E-state index contributed by atoms with van der Waals surface area (Å²) in [6.45, 7) is 3.53. The van der Waals surface area contributed by atoms with Crippen LogP contribution in [0.1, 0.15) is 34.3 Å². The normalized spacial score (nSPS) is 14.0. The Morgan fingerprint density at radius 3 is 2.26 bits per heavy atom. The fraction of sp³-hybridized carbons (Fsp3) is 0.296. The topological polar surface area (TPSA) is 78.9 Å². The third kappa shape index (κ3) is 5.66. The number of nitrogens with one attached hydrogen (secondary N) is 1. The number of ether oxygens (including phenoxy) is 1. The van der Waals surface area contributed by atoms with Crippen molar-refractivity contribution in [3.8, 4) is 5.75 Å². The van der Waals surface area contributed by atoms with Gasteiger partial charge in [0, 0.05) is 25.7 Å². The minimum Gasteiger partial charge on any atom is -0.495 e. The molecule has 0 bridgehead atoms. The number of amides is 1. The lowest BCUT2D eigenvalue weighted by molar-refractivity contribution is 0.0950. The van der Waals surface area contributed by atoms with E-state index in [0.717, 1.165) is 25.2 Å². The third-order valence-corrected chi connectivity index (χ3v) is 8.14. The van der Waals surface area contributed by atoms with Gasteiger partial charge in [-0.25, -0.2) is 8.42 Å². The lowest BCUT2D eigenvalue weighted by Gasteiger charge is -2.21. The fourth-order valence-corrected chi connectivity index (χ4v) is 5.51. The summed E-state index contributed by atoms with van der Waals surface area (Å²) in [7, 11) is -0.846. The molecule has 184 valence electrons. The third-order valence-electron chi connectivity index (χ3n) is 6.35. The number of nitrogens with zero attached hydrogens (tertiary/aromatic N) is 2. The fourth-order valence-electron chi connectivity index (χ4n) is 4.30. The predicted octanol–water partition coefficient (Wildman–Crippen LogP) is 4.05. The Kier molecular flexibility index (Phi) is 7.73. The van der Waals surface area contributed by atoms with Gasteiger partial charge in [-0.1, -0.05) is 36.4 Å². The minimum absolute atomic E-state index is 0.0958. The minimum atomic E-state index is -3.82. The van der Waals surface area contributed by atoms with E-state index in [1.54, 1.807) is 24.3 Å². The summed E-state index contributed by atoms with van der Waals surface area (Å²) in [5.74, 6) is 0.211. The van der Waals surface area contributed by atoms with Crippen LogP contribution in [0.25, 0.3) is 0 Å². The molecule has 1 aliphatic heterocycles. The second kappa shape index (κ2) is 10.9. The standard InChI is InChI=1S/C27H31N3O4S/c1-29(25-11-5-6-12-26(25)34-2)35(32,33)24-15-13-21(14-16-24)27(31)28-19-22-9-3-4-10-23(22)20-30-17-7-8-18-30/h3-6,9-16H,7-8,17-20H2,1-2H3,(H,28,31). The highest BCUT2D eigenvalue weighted by molar-refractivity contribution is 7.92. The maximum Gasteiger partial charge on any atom is 0.264 e. The Hall–Kier alpha value is -3.36. The van der Waals surface area contributed by atoms with Crippen LogP contribution in [0.3, 0.4) is 0 Å². The summed E-state index contributed by atoms with van der Waals surface area (Å²) in [5, 5.41) is 2.97. The molecule has 1 amide bonds. The molecule has 0 spiro atoms. The molecule has 1 N–H and O–H groups in total. The Labute approximate surface area is 207 Å². The van der Waals surface area contributed by atoms with Crippen LogP contribution in [0.2, 0.25) is 0 Å².